The number of alkyl carbamates (subject to hydrolysis) is 1. The Labute approximate surface area is 171 Å². The van der Waals surface area contributed by atoms with Gasteiger partial charge in [-0.25, -0.2) is 4.79 Å². The minimum absolute atomic E-state index is 0.105. The van der Waals surface area contributed by atoms with Crippen molar-refractivity contribution in [3.8, 4) is 0 Å². The van der Waals surface area contributed by atoms with E-state index in [1.165, 1.54) is 4.90 Å². The van der Waals surface area contributed by atoms with E-state index in [4.69, 9.17) is 4.74 Å². The van der Waals surface area contributed by atoms with Crippen molar-refractivity contribution in [3.63, 3.8) is 0 Å². The monoisotopic (exact) mass is 423 g/mol. The van der Waals surface area contributed by atoms with Crippen LogP contribution in [0.15, 0.2) is 4.99 Å². The van der Waals surface area contributed by atoms with Gasteiger partial charge in [0.25, 0.3) is 0 Å². The van der Waals surface area contributed by atoms with Gasteiger partial charge in [-0.3, -0.25) is 9.89 Å². The molecule has 1 saturated heterocycles. The van der Waals surface area contributed by atoms with Crippen molar-refractivity contribution >= 4 is 12.1 Å². The summed E-state index contributed by atoms with van der Waals surface area (Å²) >= 11 is 0. The summed E-state index contributed by atoms with van der Waals surface area (Å²) in [4.78, 5) is 18.0. The van der Waals surface area contributed by atoms with Gasteiger partial charge in [-0.1, -0.05) is 13.8 Å². The summed E-state index contributed by atoms with van der Waals surface area (Å²) in [6.07, 6.45) is -4.07. The summed E-state index contributed by atoms with van der Waals surface area (Å²) in [5, 5.41) is 9.16. The van der Waals surface area contributed by atoms with E-state index in [0.717, 1.165) is 0 Å². The zero-order valence-corrected chi connectivity index (χ0v) is 18.3. The van der Waals surface area contributed by atoms with Crippen molar-refractivity contribution in [2.75, 3.05) is 32.7 Å². The van der Waals surface area contributed by atoms with Gasteiger partial charge in [0.1, 0.15) is 5.60 Å². The normalized spacial score (nSPS) is 19.9. The highest BCUT2D eigenvalue weighted by molar-refractivity contribution is 5.80. The maximum Gasteiger partial charge on any atom is 0.407 e. The van der Waals surface area contributed by atoms with Gasteiger partial charge in [0.05, 0.1) is 19.1 Å². The van der Waals surface area contributed by atoms with E-state index in [0.29, 0.717) is 38.6 Å². The first-order valence-corrected chi connectivity index (χ1v) is 10.1. The quantitative estimate of drug-likeness (QED) is 0.434. The van der Waals surface area contributed by atoms with Crippen LogP contribution in [0.25, 0.3) is 0 Å². The van der Waals surface area contributed by atoms with Gasteiger partial charge in [-0.2, -0.15) is 13.2 Å². The first-order valence-electron chi connectivity index (χ1n) is 10.1. The smallest absolute Gasteiger partial charge is 0.407 e. The fraction of sp³-hybridized carbons (Fsp3) is 0.895. The Bertz CT molecular complexity index is 547. The van der Waals surface area contributed by atoms with E-state index in [-0.39, 0.29) is 18.0 Å². The molecule has 0 bridgehead atoms. The molecule has 1 rings (SSSR count). The molecular formula is C19H36F3N5O2. The third-order valence-electron chi connectivity index (χ3n) is 4.31. The molecule has 0 saturated carbocycles. The van der Waals surface area contributed by atoms with E-state index in [2.05, 4.69) is 20.9 Å². The number of aliphatic imine (C=N–C) groups is 1. The molecule has 29 heavy (non-hydrogen) atoms. The summed E-state index contributed by atoms with van der Waals surface area (Å²) < 4.78 is 43.0. The maximum absolute atomic E-state index is 12.6. The van der Waals surface area contributed by atoms with Crippen molar-refractivity contribution in [2.45, 2.75) is 71.8 Å². The molecular weight excluding hydrogens is 387 g/mol. The number of alkyl halides is 3. The lowest BCUT2D eigenvalue weighted by atomic mass is 10.1. The Morgan fingerprint density at radius 2 is 1.93 bits per heavy atom. The number of likely N-dealkylation sites (tertiary alicyclic amines) is 1. The summed E-state index contributed by atoms with van der Waals surface area (Å²) in [7, 11) is 0. The number of rotatable bonds is 7. The van der Waals surface area contributed by atoms with Gasteiger partial charge in [0, 0.05) is 25.7 Å². The molecule has 0 aromatic carbocycles. The molecule has 1 aliphatic rings. The van der Waals surface area contributed by atoms with Gasteiger partial charge in [0.15, 0.2) is 5.96 Å². The number of guanidine groups is 1. The number of hydrogen-bond donors (Lipinski definition) is 3. The summed E-state index contributed by atoms with van der Waals surface area (Å²) in [5.74, 6) is 0.658. The highest BCUT2D eigenvalue weighted by Crippen LogP contribution is 2.20. The lowest BCUT2D eigenvalue weighted by Crippen LogP contribution is -2.47. The van der Waals surface area contributed by atoms with E-state index < -0.39 is 24.4 Å². The zero-order chi connectivity index (χ0) is 22.2. The average molecular weight is 424 g/mol. The second-order valence-corrected chi connectivity index (χ2v) is 8.70. The number of hydrogen-bond acceptors (Lipinski definition) is 4. The molecule has 2 atom stereocenters. The minimum Gasteiger partial charge on any atom is -0.444 e. The van der Waals surface area contributed by atoms with E-state index >= 15 is 0 Å². The molecule has 7 nitrogen and oxygen atoms in total. The summed E-state index contributed by atoms with van der Waals surface area (Å²) in [6.45, 7) is 12.0. The van der Waals surface area contributed by atoms with Crippen LogP contribution in [0, 0.1) is 5.92 Å². The van der Waals surface area contributed by atoms with Crippen molar-refractivity contribution in [2.24, 2.45) is 10.9 Å². The third kappa shape index (κ3) is 11.2. The fourth-order valence-corrected chi connectivity index (χ4v) is 2.93. The number of amides is 1. The minimum atomic E-state index is -4.19. The molecule has 10 heteroatoms. The Hall–Kier alpha value is -1.71. The largest absolute Gasteiger partial charge is 0.444 e. The van der Waals surface area contributed by atoms with Crippen LogP contribution in [0.3, 0.4) is 0 Å². The number of carbonyl (C=O) groups excluding carboxylic acids is 1. The Balaban J connectivity index is 2.65. The highest BCUT2D eigenvalue weighted by atomic mass is 19.4. The second kappa shape index (κ2) is 10.9. The predicted octanol–water partition coefficient (Wildman–Crippen LogP) is 2.73. The lowest BCUT2D eigenvalue weighted by Gasteiger charge is -2.25. The summed E-state index contributed by atoms with van der Waals surface area (Å²) in [6, 6.07) is -0.336. The first-order chi connectivity index (χ1) is 13.3. The molecule has 1 amide bonds. The Kier molecular flexibility index (Phi) is 9.51. The van der Waals surface area contributed by atoms with E-state index in [9.17, 15) is 18.0 Å². The Morgan fingerprint density at radius 3 is 2.45 bits per heavy atom. The molecule has 0 aromatic rings. The summed E-state index contributed by atoms with van der Waals surface area (Å²) in [5.41, 5.74) is -0.587. The number of ether oxygens (including phenoxy) is 1. The molecule has 1 fully saturated rings. The second-order valence-electron chi connectivity index (χ2n) is 8.70. The molecule has 0 aromatic heterocycles. The average Bonchev–Trinajstić information content (AvgIpc) is 2.94. The van der Waals surface area contributed by atoms with Crippen LogP contribution in [-0.4, -0.2) is 73.5 Å². The first kappa shape index (κ1) is 25.3. The molecule has 0 aliphatic carbocycles. The van der Waals surface area contributed by atoms with Gasteiger partial charge in [-0.15, -0.1) is 0 Å². The third-order valence-corrected chi connectivity index (χ3v) is 4.31. The maximum atomic E-state index is 12.6. The van der Waals surface area contributed by atoms with Crippen molar-refractivity contribution in [3.05, 3.63) is 0 Å². The van der Waals surface area contributed by atoms with Crippen LogP contribution >= 0.6 is 0 Å². The topological polar surface area (TPSA) is 78.0 Å². The van der Waals surface area contributed by atoms with Crippen molar-refractivity contribution < 1.29 is 22.7 Å². The molecule has 1 aliphatic heterocycles. The number of nitrogens with zero attached hydrogens (tertiary/aromatic N) is 2. The van der Waals surface area contributed by atoms with E-state index in [1.54, 1.807) is 20.8 Å². The lowest BCUT2D eigenvalue weighted by molar-refractivity contribution is -0.143. The number of nitrogens with one attached hydrogen (secondary N) is 3. The zero-order valence-electron chi connectivity index (χ0n) is 18.3. The fourth-order valence-electron chi connectivity index (χ4n) is 2.93. The van der Waals surface area contributed by atoms with Crippen LogP contribution < -0.4 is 16.0 Å². The standard InChI is InChI=1S/C19H36F3N5O2/c1-7-23-16(25-14-8-9-27(11-14)12-19(20,21)22)24-10-15(13(2)3)26-17(28)29-18(4,5)6/h13-15H,7-12H2,1-6H3,(H,26,28)(H2,23,24,25). The SMILES string of the molecule is CCNC(=NCC(NC(=O)OC(C)(C)C)C(C)C)NC1CCN(CC(F)(F)F)C1. The van der Waals surface area contributed by atoms with Gasteiger partial charge in [0.2, 0.25) is 0 Å². The van der Waals surface area contributed by atoms with Crippen molar-refractivity contribution in [1.29, 1.82) is 0 Å². The van der Waals surface area contributed by atoms with Crippen LogP contribution in [0.5, 0.6) is 0 Å². The van der Waals surface area contributed by atoms with Crippen LogP contribution in [-0.2, 0) is 4.74 Å². The number of halogens is 3. The molecule has 2 unspecified atom stereocenters. The van der Waals surface area contributed by atoms with Gasteiger partial charge >= 0.3 is 12.3 Å². The molecule has 0 radical (unpaired) electrons. The molecule has 1 heterocycles. The van der Waals surface area contributed by atoms with Crippen LogP contribution in [0.2, 0.25) is 0 Å². The molecule has 170 valence electrons. The predicted molar refractivity (Wildman–Crippen MR) is 108 cm³/mol. The number of carbonyl (C=O) groups is 1. The van der Waals surface area contributed by atoms with Crippen molar-refractivity contribution in [1.82, 2.24) is 20.9 Å². The van der Waals surface area contributed by atoms with Gasteiger partial charge < -0.3 is 20.7 Å². The van der Waals surface area contributed by atoms with Crippen LogP contribution in [0.1, 0.15) is 48.0 Å². The molecule has 0 spiro atoms. The van der Waals surface area contributed by atoms with Crippen LogP contribution in [0.4, 0.5) is 18.0 Å². The van der Waals surface area contributed by atoms with Gasteiger partial charge in [-0.05, 0) is 40.0 Å². The Morgan fingerprint density at radius 1 is 1.28 bits per heavy atom. The highest BCUT2D eigenvalue weighted by Gasteiger charge is 2.34. The van der Waals surface area contributed by atoms with E-state index in [1.807, 2.05) is 20.8 Å². The molecule has 3 N–H and O–H groups in total.